The summed E-state index contributed by atoms with van der Waals surface area (Å²) in [6.45, 7) is 6.59. The second-order valence-electron chi connectivity index (χ2n) is 5.83. The smallest absolute Gasteiger partial charge is 0.0598 e. The van der Waals surface area contributed by atoms with Gasteiger partial charge in [-0.05, 0) is 57.6 Å². The summed E-state index contributed by atoms with van der Waals surface area (Å²) in [5.74, 6) is 0. The van der Waals surface area contributed by atoms with Gasteiger partial charge in [-0.2, -0.15) is 0 Å². The van der Waals surface area contributed by atoms with Crippen LogP contribution >= 0.6 is 0 Å². The highest BCUT2D eigenvalue weighted by Crippen LogP contribution is 2.24. The number of nitrogens with zero attached hydrogens (tertiary/aromatic N) is 3. The minimum atomic E-state index is 0.639. The van der Waals surface area contributed by atoms with Gasteiger partial charge in [0.05, 0.1) is 11.9 Å². The molecular formula is C16H28N4. The molecule has 0 aliphatic carbocycles. The molecule has 0 bridgehead atoms. The Morgan fingerprint density at radius 2 is 2.15 bits per heavy atom. The normalized spacial score (nSPS) is 17.4. The molecule has 4 heteroatoms. The van der Waals surface area contributed by atoms with Crippen molar-refractivity contribution in [3.05, 3.63) is 24.0 Å². The van der Waals surface area contributed by atoms with Crippen LogP contribution in [0.15, 0.2) is 18.5 Å². The third-order valence-corrected chi connectivity index (χ3v) is 4.25. The monoisotopic (exact) mass is 276 g/mol. The Bertz CT molecular complexity index is 399. The molecule has 20 heavy (non-hydrogen) atoms. The fraction of sp³-hybridized carbons (Fsp3) is 0.688. The van der Waals surface area contributed by atoms with Gasteiger partial charge in [0.15, 0.2) is 0 Å². The van der Waals surface area contributed by atoms with E-state index in [1.54, 1.807) is 0 Å². The molecule has 0 spiro atoms. The van der Waals surface area contributed by atoms with Crippen molar-refractivity contribution in [1.29, 1.82) is 0 Å². The lowest BCUT2D eigenvalue weighted by atomic mass is 10.0. The molecule has 0 aromatic carbocycles. The van der Waals surface area contributed by atoms with Gasteiger partial charge in [-0.25, -0.2) is 0 Å². The van der Waals surface area contributed by atoms with Gasteiger partial charge < -0.3 is 15.1 Å². The first kappa shape index (κ1) is 15.3. The van der Waals surface area contributed by atoms with E-state index in [9.17, 15) is 0 Å². The lowest BCUT2D eigenvalue weighted by Gasteiger charge is -2.37. The Morgan fingerprint density at radius 3 is 2.85 bits per heavy atom. The van der Waals surface area contributed by atoms with Gasteiger partial charge in [-0.3, -0.25) is 4.98 Å². The lowest BCUT2D eigenvalue weighted by molar-refractivity contribution is 0.252. The standard InChI is InChI=1S/C16H28N4/c1-4-8-17-12-14-5-9-18-13-16(14)20(3)15-6-10-19(2)11-7-15/h5,9,13,15,17H,4,6-8,10-12H2,1-3H3. The van der Waals surface area contributed by atoms with E-state index in [4.69, 9.17) is 0 Å². The quantitative estimate of drug-likeness (QED) is 0.806. The molecule has 1 saturated heterocycles. The van der Waals surface area contributed by atoms with Crippen LogP contribution in [0.2, 0.25) is 0 Å². The Kier molecular flexibility index (Phi) is 5.80. The van der Waals surface area contributed by atoms with Crippen molar-refractivity contribution in [1.82, 2.24) is 15.2 Å². The molecule has 1 aromatic heterocycles. The number of likely N-dealkylation sites (tertiary alicyclic amines) is 1. The van der Waals surface area contributed by atoms with Crippen LogP contribution in [0, 0.1) is 0 Å². The second-order valence-corrected chi connectivity index (χ2v) is 5.83. The van der Waals surface area contributed by atoms with Crippen LogP contribution in [0.4, 0.5) is 5.69 Å². The van der Waals surface area contributed by atoms with Crippen molar-refractivity contribution in [3.8, 4) is 0 Å². The first-order valence-corrected chi connectivity index (χ1v) is 7.77. The van der Waals surface area contributed by atoms with Crippen LogP contribution < -0.4 is 10.2 Å². The predicted octanol–water partition coefficient (Wildman–Crippen LogP) is 2.11. The molecule has 0 atom stereocenters. The molecule has 1 aromatic rings. The summed E-state index contributed by atoms with van der Waals surface area (Å²) in [6.07, 6.45) is 7.56. The van der Waals surface area contributed by atoms with E-state index in [2.05, 4.69) is 47.2 Å². The zero-order chi connectivity index (χ0) is 14.4. The maximum absolute atomic E-state index is 4.32. The molecule has 0 unspecified atom stereocenters. The van der Waals surface area contributed by atoms with Crippen molar-refractivity contribution in [3.63, 3.8) is 0 Å². The summed E-state index contributed by atoms with van der Waals surface area (Å²) in [6, 6.07) is 2.78. The fourth-order valence-corrected chi connectivity index (χ4v) is 2.86. The number of pyridine rings is 1. The van der Waals surface area contributed by atoms with Gasteiger partial charge in [0.1, 0.15) is 0 Å². The summed E-state index contributed by atoms with van der Waals surface area (Å²) in [7, 11) is 4.43. The number of nitrogens with one attached hydrogen (secondary N) is 1. The molecule has 1 N–H and O–H groups in total. The predicted molar refractivity (Wildman–Crippen MR) is 85.2 cm³/mol. The molecule has 4 nitrogen and oxygen atoms in total. The Hall–Kier alpha value is -1.13. The molecule has 1 aliphatic rings. The first-order valence-electron chi connectivity index (χ1n) is 7.77. The maximum Gasteiger partial charge on any atom is 0.0598 e. The van der Waals surface area contributed by atoms with E-state index in [1.165, 1.54) is 43.6 Å². The van der Waals surface area contributed by atoms with Crippen LogP contribution in [0.25, 0.3) is 0 Å². The molecule has 0 radical (unpaired) electrons. The van der Waals surface area contributed by atoms with E-state index in [0.717, 1.165) is 13.1 Å². The van der Waals surface area contributed by atoms with Crippen molar-refractivity contribution in [2.24, 2.45) is 0 Å². The second kappa shape index (κ2) is 7.60. The molecule has 2 rings (SSSR count). The van der Waals surface area contributed by atoms with Gasteiger partial charge in [0.2, 0.25) is 0 Å². The van der Waals surface area contributed by atoms with Crippen LogP contribution in [-0.2, 0) is 6.54 Å². The summed E-state index contributed by atoms with van der Waals surface area (Å²) >= 11 is 0. The highest BCUT2D eigenvalue weighted by molar-refractivity contribution is 5.52. The summed E-state index contributed by atoms with van der Waals surface area (Å²) in [4.78, 5) is 9.17. The topological polar surface area (TPSA) is 31.4 Å². The number of hydrogen-bond donors (Lipinski definition) is 1. The molecular weight excluding hydrogens is 248 g/mol. The van der Waals surface area contributed by atoms with Crippen molar-refractivity contribution >= 4 is 5.69 Å². The van der Waals surface area contributed by atoms with E-state index >= 15 is 0 Å². The zero-order valence-electron chi connectivity index (χ0n) is 13.1. The van der Waals surface area contributed by atoms with Crippen LogP contribution in [0.1, 0.15) is 31.7 Å². The van der Waals surface area contributed by atoms with Gasteiger partial charge in [-0.15, -0.1) is 0 Å². The van der Waals surface area contributed by atoms with Gasteiger partial charge in [-0.1, -0.05) is 6.92 Å². The molecule has 1 fully saturated rings. The van der Waals surface area contributed by atoms with Crippen LogP contribution in [-0.4, -0.2) is 49.7 Å². The largest absolute Gasteiger partial charge is 0.370 e. The zero-order valence-corrected chi connectivity index (χ0v) is 13.1. The molecule has 112 valence electrons. The Balaban J connectivity index is 2.03. The third-order valence-electron chi connectivity index (χ3n) is 4.25. The summed E-state index contributed by atoms with van der Waals surface area (Å²) < 4.78 is 0. The summed E-state index contributed by atoms with van der Waals surface area (Å²) in [5.41, 5.74) is 2.64. The van der Waals surface area contributed by atoms with Gasteiger partial charge in [0, 0.05) is 25.8 Å². The van der Waals surface area contributed by atoms with Crippen molar-refractivity contribution in [2.45, 2.75) is 38.8 Å². The van der Waals surface area contributed by atoms with Crippen LogP contribution in [0.3, 0.4) is 0 Å². The highest BCUT2D eigenvalue weighted by atomic mass is 15.2. The fourth-order valence-electron chi connectivity index (χ4n) is 2.86. The van der Waals surface area contributed by atoms with E-state index in [0.29, 0.717) is 6.04 Å². The number of rotatable bonds is 6. The van der Waals surface area contributed by atoms with E-state index in [1.807, 2.05) is 12.4 Å². The first-order chi connectivity index (χ1) is 9.72. The number of anilines is 1. The van der Waals surface area contributed by atoms with Crippen molar-refractivity contribution < 1.29 is 0 Å². The molecule has 0 amide bonds. The summed E-state index contributed by atoms with van der Waals surface area (Å²) in [5, 5.41) is 3.49. The van der Waals surface area contributed by atoms with Crippen LogP contribution in [0.5, 0.6) is 0 Å². The molecule has 1 aliphatic heterocycles. The number of aromatic nitrogens is 1. The van der Waals surface area contributed by atoms with Crippen molar-refractivity contribution in [2.75, 3.05) is 38.6 Å². The Morgan fingerprint density at radius 1 is 1.40 bits per heavy atom. The SMILES string of the molecule is CCCNCc1ccncc1N(C)C1CCN(C)CC1. The van der Waals surface area contributed by atoms with Gasteiger partial charge in [0.25, 0.3) is 0 Å². The Labute approximate surface area is 123 Å². The van der Waals surface area contributed by atoms with Gasteiger partial charge >= 0.3 is 0 Å². The average molecular weight is 276 g/mol. The van der Waals surface area contributed by atoms with E-state index < -0.39 is 0 Å². The number of piperidine rings is 1. The molecule has 2 heterocycles. The number of hydrogen-bond acceptors (Lipinski definition) is 4. The third kappa shape index (κ3) is 3.93. The minimum Gasteiger partial charge on any atom is -0.370 e. The van der Waals surface area contributed by atoms with E-state index in [-0.39, 0.29) is 0 Å². The lowest BCUT2D eigenvalue weighted by Crippen LogP contribution is -2.42. The highest BCUT2D eigenvalue weighted by Gasteiger charge is 2.22. The maximum atomic E-state index is 4.32. The minimum absolute atomic E-state index is 0.639. The molecule has 0 saturated carbocycles. The average Bonchev–Trinajstić information content (AvgIpc) is 2.48.